The summed E-state index contributed by atoms with van der Waals surface area (Å²) in [4.78, 5) is 24.1. The van der Waals surface area contributed by atoms with Crippen LogP contribution in [0.3, 0.4) is 0 Å². The molecule has 0 saturated carbocycles. The van der Waals surface area contributed by atoms with E-state index in [1.54, 1.807) is 14.0 Å². The normalized spacial score (nSPS) is 10.6. The summed E-state index contributed by atoms with van der Waals surface area (Å²) in [5.41, 5.74) is 1.62. The van der Waals surface area contributed by atoms with E-state index in [-0.39, 0.29) is 18.1 Å². The number of carbonyl (C=O) groups is 2. The number of methoxy groups -OCH3 is 1. The monoisotopic (exact) mass is 346 g/mol. The molecule has 0 bridgehead atoms. The van der Waals surface area contributed by atoms with Crippen molar-refractivity contribution in [3.63, 3.8) is 0 Å². The van der Waals surface area contributed by atoms with E-state index in [4.69, 9.17) is 14.0 Å². The summed E-state index contributed by atoms with van der Waals surface area (Å²) < 4.78 is 15.4. The van der Waals surface area contributed by atoms with E-state index < -0.39 is 11.9 Å². The van der Waals surface area contributed by atoms with Crippen molar-refractivity contribution in [1.29, 1.82) is 0 Å². The third kappa shape index (κ3) is 4.82. The van der Waals surface area contributed by atoms with Gasteiger partial charge in [0.1, 0.15) is 11.3 Å². The van der Waals surface area contributed by atoms with E-state index in [0.717, 1.165) is 5.56 Å². The predicted molar refractivity (Wildman–Crippen MR) is 90.5 cm³/mol. The first-order valence-corrected chi connectivity index (χ1v) is 7.95. The summed E-state index contributed by atoms with van der Waals surface area (Å²) in [5, 5.41) is 6.48. The lowest BCUT2D eigenvalue weighted by atomic mass is 10.1. The van der Waals surface area contributed by atoms with Crippen LogP contribution in [0.1, 0.15) is 47.1 Å². The van der Waals surface area contributed by atoms with E-state index >= 15 is 0 Å². The van der Waals surface area contributed by atoms with Gasteiger partial charge < -0.3 is 19.3 Å². The molecule has 2 rings (SSSR count). The maximum atomic E-state index is 12.2. The number of hydrogen-bond acceptors (Lipinski definition) is 6. The number of aromatic nitrogens is 1. The molecule has 0 unspecified atom stereocenters. The van der Waals surface area contributed by atoms with Crippen LogP contribution in [-0.2, 0) is 16.1 Å². The fourth-order valence-corrected chi connectivity index (χ4v) is 2.27. The second-order valence-electron chi connectivity index (χ2n) is 5.87. The molecule has 1 amide bonds. The molecular weight excluding hydrogens is 324 g/mol. The van der Waals surface area contributed by atoms with E-state index in [2.05, 4.69) is 10.5 Å². The number of rotatable bonds is 7. The summed E-state index contributed by atoms with van der Waals surface area (Å²) >= 11 is 0. The van der Waals surface area contributed by atoms with Crippen LogP contribution in [0.15, 0.2) is 28.8 Å². The van der Waals surface area contributed by atoms with Crippen LogP contribution in [0, 0.1) is 6.92 Å². The number of amides is 1. The van der Waals surface area contributed by atoms with Crippen LogP contribution < -0.4 is 10.1 Å². The van der Waals surface area contributed by atoms with Gasteiger partial charge in [-0.05, 0) is 24.6 Å². The van der Waals surface area contributed by atoms with Gasteiger partial charge in [0.25, 0.3) is 5.91 Å². The van der Waals surface area contributed by atoms with Gasteiger partial charge in [0, 0.05) is 12.5 Å². The molecule has 2 aromatic rings. The number of nitrogens with one attached hydrogen (secondary N) is 1. The molecule has 25 heavy (non-hydrogen) atoms. The minimum atomic E-state index is -0.612. The van der Waals surface area contributed by atoms with Gasteiger partial charge in [-0.25, -0.2) is 4.79 Å². The highest BCUT2D eigenvalue weighted by Crippen LogP contribution is 2.22. The molecule has 7 heteroatoms. The minimum Gasteiger partial charge on any atom is -0.497 e. The van der Waals surface area contributed by atoms with Crippen LogP contribution in [0.4, 0.5) is 0 Å². The van der Waals surface area contributed by atoms with Crippen molar-refractivity contribution in [2.45, 2.75) is 33.2 Å². The number of ether oxygens (including phenoxy) is 2. The molecule has 0 atom stereocenters. The molecule has 0 aliphatic heterocycles. The van der Waals surface area contributed by atoms with E-state index in [1.807, 2.05) is 38.1 Å². The summed E-state index contributed by atoms with van der Waals surface area (Å²) in [6.07, 6.45) is 0. The average Bonchev–Trinajstić information content (AvgIpc) is 3.00. The fraction of sp³-hybridized carbons (Fsp3) is 0.389. The zero-order valence-corrected chi connectivity index (χ0v) is 14.8. The Balaban J connectivity index is 1.87. The summed E-state index contributed by atoms with van der Waals surface area (Å²) in [7, 11) is 1.58. The highest BCUT2D eigenvalue weighted by atomic mass is 16.5. The Morgan fingerprint density at radius 1 is 1.32 bits per heavy atom. The maximum absolute atomic E-state index is 12.2. The van der Waals surface area contributed by atoms with Gasteiger partial charge in [-0.15, -0.1) is 0 Å². The first kappa shape index (κ1) is 18.5. The summed E-state index contributed by atoms with van der Waals surface area (Å²) in [5.74, 6) is 0.155. The van der Waals surface area contributed by atoms with E-state index in [1.165, 1.54) is 0 Å². The Morgan fingerprint density at radius 2 is 2.08 bits per heavy atom. The molecule has 0 saturated heterocycles. The summed E-state index contributed by atoms with van der Waals surface area (Å²) in [6.45, 7) is 5.38. The number of esters is 1. The largest absolute Gasteiger partial charge is 0.497 e. The highest BCUT2D eigenvalue weighted by Gasteiger charge is 2.24. The standard InChI is InChI=1S/C18H22N2O5/c1-11(2)17-16(12(3)20-25-17)18(22)24-10-15(21)19-9-13-6-5-7-14(8-13)23-4/h5-8,11H,9-10H2,1-4H3,(H,19,21). The van der Waals surface area contributed by atoms with Crippen molar-refractivity contribution < 1.29 is 23.6 Å². The predicted octanol–water partition coefficient (Wildman–Crippen LogP) is 2.59. The molecule has 1 N–H and O–H groups in total. The van der Waals surface area contributed by atoms with Gasteiger partial charge in [0.05, 0.1) is 12.8 Å². The average molecular weight is 346 g/mol. The first-order chi connectivity index (χ1) is 11.9. The SMILES string of the molecule is COc1cccc(CNC(=O)COC(=O)c2c(C)noc2C(C)C)c1. The first-order valence-electron chi connectivity index (χ1n) is 7.95. The molecule has 1 heterocycles. The zero-order chi connectivity index (χ0) is 18.4. The topological polar surface area (TPSA) is 90.7 Å². The molecule has 0 fully saturated rings. The second-order valence-corrected chi connectivity index (χ2v) is 5.87. The van der Waals surface area contributed by atoms with E-state index in [9.17, 15) is 9.59 Å². The Bertz CT molecular complexity index is 752. The quantitative estimate of drug-likeness (QED) is 0.775. The van der Waals surface area contributed by atoms with Crippen LogP contribution in [-0.4, -0.2) is 30.7 Å². The Kier molecular flexibility index (Phi) is 6.16. The van der Waals surface area contributed by atoms with Gasteiger partial charge >= 0.3 is 5.97 Å². The Morgan fingerprint density at radius 3 is 2.76 bits per heavy atom. The van der Waals surface area contributed by atoms with E-state index in [0.29, 0.717) is 23.7 Å². The fourth-order valence-electron chi connectivity index (χ4n) is 2.27. The lowest BCUT2D eigenvalue weighted by molar-refractivity contribution is -0.124. The van der Waals surface area contributed by atoms with Crippen molar-refractivity contribution in [2.75, 3.05) is 13.7 Å². The minimum absolute atomic E-state index is 0.00867. The molecule has 0 aliphatic rings. The Hall–Kier alpha value is -2.83. The molecule has 0 spiro atoms. The summed E-state index contributed by atoms with van der Waals surface area (Å²) in [6, 6.07) is 7.34. The van der Waals surface area contributed by atoms with Crippen LogP contribution in [0.2, 0.25) is 0 Å². The van der Waals surface area contributed by atoms with Crippen molar-refractivity contribution >= 4 is 11.9 Å². The molecule has 0 aliphatic carbocycles. The third-order valence-electron chi connectivity index (χ3n) is 3.58. The maximum Gasteiger partial charge on any atom is 0.344 e. The zero-order valence-electron chi connectivity index (χ0n) is 14.8. The van der Waals surface area contributed by atoms with Gasteiger partial charge in [0.15, 0.2) is 12.4 Å². The van der Waals surface area contributed by atoms with Crippen LogP contribution >= 0.6 is 0 Å². The van der Waals surface area contributed by atoms with Gasteiger partial charge in [-0.2, -0.15) is 0 Å². The number of carbonyl (C=O) groups excluding carboxylic acids is 2. The van der Waals surface area contributed by atoms with Crippen molar-refractivity contribution in [2.24, 2.45) is 0 Å². The number of hydrogen-bond donors (Lipinski definition) is 1. The van der Waals surface area contributed by atoms with Crippen LogP contribution in [0.25, 0.3) is 0 Å². The van der Waals surface area contributed by atoms with Crippen molar-refractivity contribution in [3.05, 3.63) is 46.8 Å². The highest BCUT2D eigenvalue weighted by molar-refractivity contribution is 5.93. The van der Waals surface area contributed by atoms with Crippen LogP contribution in [0.5, 0.6) is 5.75 Å². The second kappa shape index (κ2) is 8.32. The smallest absolute Gasteiger partial charge is 0.344 e. The van der Waals surface area contributed by atoms with Crippen molar-refractivity contribution in [3.8, 4) is 5.75 Å². The molecular formula is C18H22N2O5. The Labute approximate surface area is 146 Å². The number of nitrogens with zero attached hydrogens (tertiary/aromatic N) is 1. The lowest BCUT2D eigenvalue weighted by Crippen LogP contribution is -2.28. The van der Waals surface area contributed by atoms with Crippen molar-refractivity contribution in [1.82, 2.24) is 10.5 Å². The third-order valence-corrected chi connectivity index (χ3v) is 3.58. The number of aryl methyl sites for hydroxylation is 1. The van der Waals surface area contributed by atoms with Gasteiger partial charge in [-0.3, -0.25) is 4.79 Å². The molecule has 0 radical (unpaired) electrons. The molecule has 1 aromatic heterocycles. The molecule has 134 valence electrons. The van der Waals surface area contributed by atoms with Gasteiger partial charge in [-0.1, -0.05) is 31.1 Å². The molecule has 7 nitrogen and oxygen atoms in total. The molecule has 1 aromatic carbocycles. The van der Waals surface area contributed by atoms with Gasteiger partial charge in [0.2, 0.25) is 0 Å². The lowest BCUT2D eigenvalue weighted by Gasteiger charge is -2.08. The number of benzene rings is 1.